The molecule has 22 heavy (non-hydrogen) atoms. The maximum Gasteiger partial charge on any atom is 0.129 e. The monoisotopic (exact) mass is 312 g/mol. The van der Waals surface area contributed by atoms with E-state index in [1.165, 1.54) is 89.9 Å². The van der Waals surface area contributed by atoms with Gasteiger partial charge in [0.05, 0.1) is 0 Å². The Bertz CT molecular complexity index is 198. The van der Waals surface area contributed by atoms with Gasteiger partial charge >= 0.3 is 0 Å². The van der Waals surface area contributed by atoms with Crippen molar-refractivity contribution in [1.29, 1.82) is 0 Å². The summed E-state index contributed by atoms with van der Waals surface area (Å²) >= 11 is 0. The fourth-order valence-electron chi connectivity index (χ4n) is 2.75. The van der Waals surface area contributed by atoms with Crippen LogP contribution in [0.2, 0.25) is 0 Å². The normalized spacial score (nSPS) is 10.2. The number of rotatable bonds is 16. The zero-order valence-electron chi connectivity index (χ0n) is 16.2. The molecule has 0 saturated heterocycles. The van der Waals surface area contributed by atoms with Gasteiger partial charge in [0.1, 0.15) is 5.78 Å². The van der Waals surface area contributed by atoms with Gasteiger partial charge in [0.25, 0.3) is 0 Å². The van der Waals surface area contributed by atoms with E-state index in [1.54, 1.807) is 6.92 Å². The Hall–Kier alpha value is -0.330. The number of hydrogen-bond donors (Lipinski definition) is 0. The van der Waals surface area contributed by atoms with Gasteiger partial charge in [0, 0.05) is 6.42 Å². The van der Waals surface area contributed by atoms with Crippen LogP contribution in [0, 0.1) is 0 Å². The standard InChI is InChI=1S/C19H38O.C2H6/c1-3-4-5-6-7-8-9-10-11-12-13-14-15-16-17-18-19(2)20;1-2/h3-18H2,1-2H3;1-2H3. The van der Waals surface area contributed by atoms with Crippen LogP contribution >= 0.6 is 0 Å². The first-order valence-electron chi connectivity index (χ1n) is 10.3. The van der Waals surface area contributed by atoms with Gasteiger partial charge in [-0.3, -0.25) is 0 Å². The predicted molar refractivity (Wildman–Crippen MR) is 102 cm³/mol. The molecule has 0 radical (unpaired) electrons. The van der Waals surface area contributed by atoms with Crippen molar-refractivity contribution in [3.05, 3.63) is 0 Å². The fraction of sp³-hybridized carbons (Fsp3) is 0.952. The summed E-state index contributed by atoms with van der Waals surface area (Å²) in [6.07, 6.45) is 21.6. The van der Waals surface area contributed by atoms with Crippen LogP contribution < -0.4 is 0 Å². The molecule has 0 aliphatic rings. The Morgan fingerprint density at radius 2 is 0.818 bits per heavy atom. The minimum absolute atomic E-state index is 0.347. The van der Waals surface area contributed by atoms with Crippen LogP contribution in [-0.4, -0.2) is 5.78 Å². The second kappa shape index (κ2) is 22.9. The van der Waals surface area contributed by atoms with E-state index in [9.17, 15) is 4.79 Å². The van der Waals surface area contributed by atoms with Gasteiger partial charge in [-0.1, -0.05) is 111 Å². The minimum Gasteiger partial charge on any atom is -0.300 e. The van der Waals surface area contributed by atoms with Crippen molar-refractivity contribution in [3.8, 4) is 0 Å². The summed E-state index contributed by atoms with van der Waals surface area (Å²) in [5.41, 5.74) is 0. The van der Waals surface area contributed by atoms with E-state index in [2.05, 4.69) is 6.92 Å². The summed E-state index contributed by atoms with van der Waals surface area (Å²) in [5.74, 6) is 0.347. The van der Waals surface area contributed by atoms with Crippen LogP contribution in [0.3, 0.4) is 0 Å². The first-order chi connectivity index (χ1) is 10.8. The van der Waals surface area contributed by atoms with Gasteiger partial charge in [-0.25, -0.2) is 0 Å². The molecule has 0 aliphatic heterocycles. The van der Waals surface area contributed by atoms with E-state index >= 15 is 0 Å². The van der Waals surface area contributed by atoms with Crippen molar-refractivity contribution in [2.45, 2.75) is 130 Å². The molecule has 1 heteroatoms. The first-order valence-corrected chi connectivity index (χ1v) is 10.3. The number of ketones is 1. The molecule has 0 aromatic heterocycles. The highest BCUT2D eigenvalue weighted by Gasteiger charge is 1.95. The van der Waals surface area contributed by atoms with E-state index in [0.717, 1.165) is 12.8 Å². The molecular formula is C21H44O. The van der Waals surface area contributed by atoms with E-state index < -0.39 is 0 Å². The highest BCUT2D eigenvalue weighted by Crippen LogP contribution is 2.13. The molecule has 0 amide bonds. The smallest absolute Gasteiger partial charge is 0.129 e. The van der Waals surface area contributed by atoms with Gasteiger partial charge in [0.2, 0.25) is 0 Å². The predicted octanol–water partition coefficient (Wildman–Crippen LogP) is 7.86. The van der Waals surface area contributed by atoms with Crippen LogP contribution in [0.5, 0.6) is 0 Å². The highest BCUT2D eigenvalue weighted by atomic mass is 16.1. The fourth-order valence-corrected chi connectivity index (χ4v) is 2.75. The SMILES string of the molecule is CC.CCCCCCCCCCCCCCCCCC(C)=O. The van der Waals surface area contributed by atoms with Crippen LogP contribution in [-0.2, 0) is 4.79 Å². The van der Waals surface area contributed by atoms with Gasteiger partial charge in [0.15, 0.2) is 0 Å². The van der Waals surface area contributed by atoms with Crippen molar-refractivity contribution in [1.82, 2.24) is 0 Å². The van der Waals surface area contributed by atoms with E-state index in [4.69, 9.17) is 0 Å². The average Bonchev–Trinajstić information content (AvgIpc) is 2.53. The number of Topliss-reactive ketones (excluding diaryl/α,β-unsaturated/α-hetero) is 1. The molecule has 134 valence electrons. The summed E-state index contributed by atoms with van der Waals surface area (Å²) in [6, 6.07) is 0. The van der Waals surface area contributed by atoms with Crippen molar-refractivity contribution >= 4 is 5.78 Å². The molecular weight excluding hydrogens is 268 g/mol. The Balaban J connectivity index is 0. The second-order valence-electron chi connectivity index (χ2n) is 6.40. The van der Waals surface area contributed by atoms with Crippen molar-refractivity contribution in [3.63, 3.8) is 0 Å². The summed E-state index contributed by atoms with van der Waals surface area (Å²) in [4.78, 5) is 10.8. The number of hydrogen-bond acceptors (Lipinski definition) is 1. The number of unbranched alkanes of at least 4 members (excludes halogenated alkanes) is 14. The van der Waals surface area contributed by atoms with Crippen LogP contribution in [0.1, 0.15) is 130 Å². The van der Waals surface area contributed by atoms with E-state index in [0.29, 0.717) is 5.78 Å². The molecule has 0 aliphatic carbocycles. The molecule has 0 spiro atoms. The average molecular weight is 313 g/mol. The molecule has 0 aromatic carbocycles. The number of carbonyl (C=O) groups is 1. The molecule has 0 saturated carbocycles. The lowest BCUT2D eigenvalue weighted by molar-refractivity contribution is -0.117. The lowest BCUT2D eigenvalue weighted by atomic mass is 10.0. The molecule has 0 aromatic rings. The summed E-state index contributed by atoms with van der Waals surface area (Å²) in [5, 5.41) is 0. The molecule has 1 nitrogen and oxygen atoms in total. The quantitative estimate of drug-likeness (QED) is 0.265. The van der Waals surface area contributed by atoms with Crippen molar-refractivity contribution in [2.24, 2.45) is 0 Å². The van der Waals surface area contributed by atoms with Gasteiger partial charge < -0.3 is 4.79 Å². The second-order valence-corrected chi connectivity index (χ2v) is 6.40. The van der Waals surface area contributed by atoms with Gasteiger partial charge in [-0.05, 0) is 13.3 Å². The molecule has 0 heterocycles. The Morgan fingerprint density at radius 3 is 1.09 bits per heavy atom. The van der Waals surface area contributed by atoms with Gasteiger partial charge in [-0.15, -0.1) is 0 Å². The Kier molecular flexibility index (Phi) is 25.0. The van der Waals surface area contributed by atoms with Crippen molar-refractivity contribution in [2.75, 3.05) is 0 Å². The van der Waals surface area contributed by atoms with Crippen LogP contribution in [0.15, 0.2) is 0 Å². The molecule has 0 unspecified atom stereocenters. The molecule has 0 bridgehead atoms. The zero-order chi connectivity index (χ0) is 16.9. The first kappa shape index (κ1) is 23.9. The Labute approximate surface area is 141 Å². The lowest BCUT2D eigenvalue weighted by Gasteiger charge is -2.03. The summed E-state index contributed by atoms with van der Waals surface area (Å²) in [6.45, 7) is 7.98. The van der Waals surface area contributed by atoms with Gasteiger partial charge in [-0.2, -0.15) is 0 Å². The maximum absolute atomic E-state index is 10.8. The molecule has 0 atom stereocenters. The third kappa shape index (κ3) is 24.7. The van der Waals surface area contributed by atoms with E-state index in [-0.39, 0.29) is 0 Å². The van der Waals surface area contributed by atoms with Crippen LogP contribution in [0.25, 0.3) is 0 Å². The lowest BCUT2D eigenvalue weighted by Crippen LogP contribution is -1.89. The Morgan fingerprint density at radius 1 is 0.545 bits per heavy atom. The topological polar surface area (TPSA) is 17.1 Å². The molecule has 0 N–H and O–H groups in total. The van der Waals surface area contributed by atoms with Crippen LogP contribution in [0.4, 0.5) is 0 Å². The molecule has 0 rings (SSSR count). The largest absolute Gasteiger partial charge is 0.300 e. The van der Waals surface area contributed by atoms with Crippen molar-refractivity contribution < 1.29 is 4.79 Å². The zero-order valence-corrected chi connectivity index (χ0v) is 16.2. The third-order valence-corrected chi connectivity index (χ3v) is 4.13. The third-order valence-electron chi connectivity index (χ3n) is 4.13. The molecule has 0 fully saturated rings. The summed E-state index contributed by atoms with van der Waals surface area (Å²) < 4.78 is 0. The summed E-state index contributed by atoms with van der Waals surface area (Å²) in [7, 11) is 0. The maximum atomic E-state index is 10.8. The number of carbonyl (C=O) groups excluding carboxylic acids is 1. The van der Waals surface area contributed by atoms with E-state index in [1.807, 2.05) is 13.8 Å². The minimum atomic E-state index is 0.347. The highest BCUT2D eigenvalue weighted by molar-refractivity contribution is 5.75.